The number of fused-ring (bicyclic) bond motifs is 2. The molecule has 1 saturated heterocycles. The third-order valence-electron chi connectivity index (χ3n) is 7.56. The quantitative estimate of drug-likeness (QED) is 0.575. The maximum absolute atomic E-state index is 13.0. The summed E-state index contributed by atoms with van der Waals surface area (Å²) >= 11 is 1.36. The van der Waals surface area contributed by atoms with Gasteiger partial charge in [-0.1, -0.05) is 19.9 Å². The number of aryl methyl sites for hydroxylation is 2. The van der Waals surface area contributed by atoms with Gasteiger partial charge in [-0.3, -0.25) is 4.79 Å². The predicted molar refractivity (Wildman–Crippen MR) is 138 cm³/mol. The summed E-state index contributed by atoms with van der Waals surface area (Å²) in [5.74, 6) is 1.48. The second kappa shape index (κ2) is 8.82. The molecule has 1 aliphatic heterocycles. The van der Waals surface area contributed by atoms with Crippen molar-refractivity contribution < 1.29 is 9.53 Å². The number of carbonyl (C=O) groups excluding carboxylic acids is 1. The van der Waals surface area contributed by atoms with Crippen molar-refractivity contribution >= 4 is 39.0 Å². The van der Waals surface area contributed by atoms with Crippen LogP contribution >= 0.6 is 11.3 Å². The van der Waals surface area contributed by atoms with Gasteiger partial charge < -0.3 is 20.7 Å². The van der Waals surface area contributed by atoms with Crippen molar-refractivity contribution in [3.8, 4) is 0 Å². The Morgan fingerprint density at radius 1 is 1.32 bits per heavy atom. The van der Waals surface area contributed by atoms with Crippen molar-refractivity contribution in [1.82, 2.24) is 15.3 Å². The first kappa shape index (κ1) is 23.1. The molecule has 3 N–H and O–H groups in total. The van der Waals surface area contributed by atoms with Crippen LogP contribution in [0.4, 0.5) is 11.5 Å². The Morgan fingerprint density at radius 3 is 2.94 bits per heavy atom. The van der Waals surface area contributed by atoms with Gasteiger partial charge in [0.15, 0.2) is 0 Å². The highest BCUT2D eigenvalue weighted by Crippen LogP contribution is 2.38. The zero-order valence-corrected chi connectivity index (χ0v) is 21.2. The Hall–Kier alpha value is -2.71. The average Bonchev–Trinajstić information content (AvgIpc) is 3.29. The van der Waals surface area contributed by atoms with E-state index in [9.17, 15) is 4.79 Å². The lowest BCUT2D eigenvalue weighted by molar-refractivity contribution is 0.0803. The molecule has 8 heteroatoms. The summed E-state index contributed by atoms with van der Waals surface area (Å²) in [6.07, 6.45) is 2.51. The van der Waals surface area contributed by atoms with Crippen molar-refractivity contribution in [2.24, 2.45) is 11.3 Å². The number of carbonyl (C=O) groups is 1. The Labute approximate surface area is 204 Å². The van der Waals surface area contributed by atoms with Crippen LogP contribution < -0.4 is 16.0 Å². The van der Waals surface area contributed by atoms with Gasteiger partial charge in [-0.25, -0.2) is 9.97 Å². The summed E-state index contributed by atoms with van der Waals surface area (Å²) in [5.41, 5.74) is 10.2. The van der Waals surface area contributed by atoms with Crippen molar-refractivity contribution in [3.05, 3.63) is 46.1 Å². The highest BCUT2D eigenvalue weighted by atomic mass is 32.1. The fourth-order valence-electron chi connectivity index (χ4n) is 5.31. The SMILES string of the molecule is COC[C@]1(C)CN(c2ccc3c(n2)CC[C@H](NC(=O)c2sc4nc(C)ccc4c2N)C3)C[C@H]1C. The monoisotopic (exact) mass is 479 g/mol. The number of thiophene rings is 1. The Morgan fingerprint density at radius 2 is 2.15 bits per heavy atom. The number of anilines is 2. The molecule has 0 bridgehead atoms. The van der Waals surface area contributed by atoms with Crippen molar-refractivity contribution in [2.75, 3.05) is 37.4 Å². The molecule has 4 heterocycles. The molecule has 180 valence electrons. The molecule has 0 aromatic carbocycles. The molecule has 34 heavy (non-hydrogen) atoms. The van der Waals surface area contributed by atoms with E-state index in [0.717, 1.165) is 66.4 Å². The fourth-order valence-corrected chi connectivity index (χ4v) is 6.35. The molecule has 0 spiro atoms. The summed E-state index contributed by atoms with van der Waals surface area (Å²) < 4.78 is 5.49. The largest absolute Gasteiger partial charge is 0.397 e. The number of hydrogen-bond acceptors (Lipinski definition) is 7. The third kappa shape index (κ3) is 4.14. The van der Waals surface area contributed by atoms with E-state index in [1.165, 1.54) is 16.9 Å². The average molecular weight is 480 g/mol. The van der Waals surface area contributed by atoms with Gasteiger partial charge in [0.1, 0.15) is 15.5 Å². The van der Waals surface area contributed by atoms with E-state index in [4.69, 9.17) is 15.5 Å². The number of hydrogen-bond donors (Lipinski definition) is 2. The minimum Gasteiger partial charge on any atom is -0.397 e. The maximum atomic E-state index is 13.0. The number of nitrogens with zero attached hydrogens (tertiary/aromatic N) is 3. The van der Waals surface area contributed by atoms with Crippen LogP contribution in [0.3, 0.4) is 0 Å². The maximum Gasteiger partial charge on any atom is 0.263 e. The number of aromatic nitrogens is 2. The molecule has 2 aliphatic rings. The Bertz CT molecular complexity index is 1240. The van der Waals surface area contributed by atoms with Gasteiger partial charge in [-0.15, -0.1) is 11.3 Å². The molecule has 3 aromatic rings. The summed E-state index contributed by atoms with van der Waals surface area (Å²) in [6.45, 7) is 9.25. The zero-order chi connectivity index (χ0) is 24.0. The van der Waals surface area contributed by atoms with Crippen LogP contribution in [-0.4, -0.2) is 48.7 Å². The van der Waals surface area contributed by atoms with E-state index < -0.39 is 0 Å². The predicted octanol–water partition coefficient (Wildman–Crippen LogP) is 3.98. The van der Waals surface area contributed by atoms with E-state index in [1.807, 2.05) is 19.1 Å². The van der Waals surface area contributed by atoms with Gasteiger partial charge in [0, 0.05) is 48.4 Å². The smallest absolute Gasteiger partial charge is 0.263 e. The standard InChI is InChI=1S/C26H33N5O2S/c1-15-12-31(13-26(15,3)14-33-4)21-10-6-17-11-18(7-9-20(17)30-21)29-24(32)23-22(27)19-8-5-16(2)28-25(19)34-23/h5-6,8,10,15,18H,7,9,11-14,27H2,1-4H3,(H,29,32)/t15-,18+,26+/m1/s1. The van der Waals surface area contributed by atoms with E-state index in [1.54, 1.807) is 7.11 Å². The van der Waals surface area contributed by atoms with Gasteiger partial charge in [0.05, 0.1) is 12.3 Å². The number of pyridine rings is 2. The van der Waals surface area contributed by atoms with E-state index in [0.29, 0.717) is 16.5 Å². The molecule has 1 amide bonds. The summed E-state index contributed by atoms with van der Waals surface area (Å²) in [7, 11) is 1.78. The van der Waals surface area contributed by atoms with Gasteiger partial charge in [-0.05, 0) is 55.9 Å². The van der Waals surface area contributed by atoms with Crippen LogP contribution in [0.15, 0.2) is 24.3 Å². The van der Waals surface area contributed by atoms with Gasteiger partial charge in [0.25, 0.3) is 5.91 Å². The van der Waals surface area contributed by atoms with Crippen LogP contribution in [0.25, 0.3) is 10.2 Å². The lowest BCUT2D eigenvalue weighted by atomic mass is 9.82. The molecule has 5 rings (SSSR count). The highest BCUT2D eigenvalue weighted by Gasteiger charge is 2.41. The minimum absolute atomic E-state index is 0.0729. The first-order chi connectivity index (χ1) is 16.3. The minimum atomic E-state index is -0.111. The third-order valence-corrected chi connectivity index (χ3v) is 8.67. The van der Waals surface area contributed by atoms with Crippen molar-refractivity contribution in [1.29, 1.82) is 0 Å². The summed E-state index contributed by atoms with van der Waals surface area (Å²) in [5, 5.41) is 4.06. The molecule has 0 unspecified atom stereocenters. The summed E-state index contributed by atoms with van der Waals surface area (Å²) in [4.78, 5) is 26.3. The Balaban J connectivity index is 1.27. The second-order valence-electron chi connectivity index (χ2n) is 10.2. The van der Waals surface area contributed by atoms with E-state index in [2.05, 4.69) is 41.2 Å². The molecule has 1 aliphatic carbocycles. The van der Waals surface area contributed by atoms with Gasteiger partial charge in [-0.2, -0.15) is 0 Å². The first-order valence-electron chi connectivity index (χ1n) is 12.0. The summed E-state index contributed by atoms with van der Waals surface area (Å²) in [6, 6.07) is 8.26. The molecule has 0 radical (unpaired) electrons. The molecule has 1 fully saturated rings. The van der Waals surface area contributed by atoms with Crippen LogP contribution in [0.5, 0.6) is 0 Å². The van der Waals surface area contributed by atoms with Crippen LogP contribution in [0.2, 0.25) is 0 Å². The van der Waals surface area contributed by atoms with E-state index >= 15 is 0 Å². The van der Waals surface area contributed by atoms with Crippen LogP contribution in [0, 0.1) is 18.3 Å². The lowest BCUT2D eigenvalue weighted by Crippen LogP contribution is -2.39. The number of nitrogens with two attached hydrogens (primary N) is 1. The lowest BCUT2D eigenvalue weighted by Gasteiger charge is -2.28. The second-order valence-corrected chi connectivity index (χ2v) is 11.2. The molecule has 7 nitrogen and oxygen atoms in total. The number of rotatable bonds is 5. The van der Waals surface area contributed by atoms with Crippen LogP contribution in [-0.2, 0) is 17.6 Å². The molecular formula is C26H33N5O2S. The first-order valence-corrected chi connectivity index (χ1v) is 12.8. The number of methoxy groups -OCH3 is 1. The number of ether oxygens (including phenoxy) is 1. The van der Waals surface area contributed by atoms with Gasteiger partial charge in [0.2, 0.25) is 0 Å². The molecule has 3 aromatic heterocycles. The normalized spacial score (nSPS) is 24.4. The van der Waals surface area contributed by atoms with Crippen molar-refractivity contribution in [3.63, 3.8) is 0 Å². The number of amides is 1. The van der Waals surface area contributed by atoms with E-state index in [-0.39, 0.29) is 17.4 Å². The van der Waals surface area contributed by atoms with Crippen molar-refractivity contribution in [2.45, 2.75) is 46.1 Å². The molecular weight excluding hydrogens is 446 g/mol. The fraction of sp³-hybridized carbons (Fsp3) is 0.500. The number of nitrogens with one attached hydrogen (secondary N) is 1. The van der Waals surface area contributed by atoms with Gasteiger partial charge >= 0.3 is 0 Å². The topological polar surface area (TPSA) is 93.4 Å². The Kier molecular flexibility index (Phi) is 5.98. The number of nitrogen functional groups attached to an aromatic ring is 1. The zero-order valence-electron chi connectivity index (χ0n) is 20.4. The molecule has 0 saturated carbocycles. The highest BCUT2D eigenvalue weighted by molar-refractivity contribution is 7.21. The van der Waals surface area contributed by atoms with Crippen LogP contribution in [0.1, 0.15) is 46.9 Å². The molecule has 3 atom stereocenters.